The van der Waals surface area contributed by atoms with Crippen LogP contribution in [0.2, 0.25) is 0 Å². The molecule has 0 spiro atoms. The van der Waals surface area contributed by atoms with Crippen LogP contribution in [0.5, 0.6) is 0 Å². The van der Waals surface area contributed by atoms with Crippen LogP contribution in [0.3, 0.4) is 0 Å². The zero-order chi connectivity index (χ0) is 12.4. The molecule has 1 aromatic heterocycles. The molecule has 0 radical (unpaired) electrons. The zero-order valence-corrected chi connectivity index (χ0v) is 11.2. The number of hydrogen-bond acceptors (Lipinski definition) is 1. The van der Waals surface area contributed by atoms with E-state index in [9.17, 15) is 0 Å². The van der Waals surface area contributed by atoms with E-state index >= 15 is 0 Å². The lowest BCUT2D eigenvalue weighted by Crippen LogP contribution is -1.95. The first-order valence-electron chi connectivity index (χ1n) is 5.69. The van der Waals surface area contributed by atoms with Crippen LogP contribution in [0.1, 0.15) is 0 Å². The van der Waals surface area contributed by atoms with Crippen LogP contribution < -0.4 is 0 Å². The highest BCUT2D eigenvalue weighted by atomic mass is 79.9. The molecule has 0 saturated heterocycles. The first-order valence-corrected chi connectivity index (χ1v) is 6.48. The maximum atomic E-state index is 4.44. The molecule has 18 heavy (non-hydrogen) atoms. The van der Waals surface area contributed by atoms with Crippen molar-refractivity contribution < 1.29 is 0 Å². The maximum Gasteiger partial charge on any atom is 0.144 e. The fourth-order valence-electron chi connectivity index (χ4n) is 1.94. The third kappa shape index (κ3) is 2.09. The molecule has 3 heteroatoms. The molecule has 0 saturated carbocycles. The Hall–Kier alpha value is -1.87. The van der Waals surface area contributed by atoms with E-state index in [-0.39, 0.29) is 0 Å². The lowest BCUT2D eigenvalue weighted by molar-refractivity contribution is 1.07. The molecule has 2 nitrogen and oxygen atoms in total. The summed E-state index contributed by atoms with van der Waals surface area (Å²) in [6, 6.07) is 18.4. The molecule has 0 aliphatic carbocycles. The summed E-state index contributed by atoms with van der Waals surface area (Å²) in [5.41, 5.74) is 2.21. The van der Waals surface area contributed by atoms with E-state index in [2.05, 4.69) is 49.7 Å². The van der Waals surface area contributed by atoms with Gasteiger partial charge in [0, 0.05) is 28.1 Å². The summed E-state index contributed by atoms with van der Waals surface area (Å²) in [5.74, 6) is 0.953. The van der Waals surface area contributed by atoms with Crippen LogP contribution in [0.4, 0.5) is 0 Å². The first-order chi connectivity index (χ1) is 8.84. The summed E-state index contributed by atoms with van der Waals surface area (Å²) >= 11 is 3.49. The van der Waals surface area contributed by atoms with Gasteiger partial charge in [-0.15, -0.1) is 0 Å². The summed E-state index contributed by atoms with van der Waals surface area (Å²) in [7, 11) is 0. The second kappa shape index (κ2) is 4.78. The monoisotopic (exact) mass is 298 g/mol. The molecule has 0 fully saturated rings. The predicted molar refractivity (Wildman–Crippen MR) is 76.7 cm³/mol. The van der Waals surface area contributed by atoms with Crippen molar-refractivity contribution in [3.05, 3.63) is 71.5 Å². The van der Waals surface area contributed by atoms with Gasteiger partial charge in [-0.3, -0.25) is 4.57 Å². The highest BCUT2D eigenvalue weighted by molar-refractivity contribution is 9.10. The second-order valence-electron chi connectivity index (χ2n) is 3.97. The lowest BCUT2D eigenvalue weighted by atomic mass is 10.2. The van der Waals surface area contributed by atoms with Crippen molar-refractivity contribution >= 4 is 15.9 Å². The molecule has 0 aliphatic heterocycles. The van der Waals surface area contributed by atoms with Crippen molar-refractivity contribution in [2.45, 2.75) is 0 Å². The molecule has 1 heterocycles. The highest BCUT2D eigenvalue weighted by Gasteiger charge is 2.06. The Balaban J connectivity index is 2.13. The number of aromatic nitrogens is 2. The predicted octanol–water partition coefficient (Wildman–Crippen LogP) is 4.30. The van der Waals surface area contributed by atoms with Crippen LogP contribution in [0.25, 0.3) is 17.1 Å². The van der Waals surface area contributed by atoms with Crippen LogP contribution in [0, 0.1) is 0 Å². The van der Waals surface area contributed by atoms with Crippen LogP contribution in [0.15, 0.2) is 71.5 Å². The Morgan fingerprint density at radius 1 is 0.944 bits per heavy atom. The van der Waals surface area contributed by atoms with Crippen LogP contribution in [-0.2, 0) is 0 Å². The molecule has 0 N–H and O–H groups in total. The number of hydrogen-bond donors (Lipinski definition) is 0. The molecule has 0 bridgehead atoms. The minimum atomic E-state index is 0.953. The van der Waals surface area contributed by atoms with E-state index in [4.69, 9.17) is 0 Å². The van der Waals surface area contributed by atoms with E-state index in [0.29, 0.717) is 0 Å². The number of nitrogens with zero attached hydrogens (tertiary/aromatic N) is 2. The Morgan fingerprint density at radius 2 is 1.78 bits per heavy atom. The van der Waals surface area contributed by atoms with Crippen molar-refractivity contribution in [3.8, 4) is 17.1 Å². The molecule has 0 amide bonds. The average Bonchev–Trinajstić information content (AvgIpc) is 2.89. The van der Waals surface area contributed by atoms with Gasteiger partial charge in [-0.05, 0) is 18.2 Å². The Bertz CT molecular complexity index is 659. The molecule has 0 aliphatic rings. The third-order valence-electron chi connectivity index (χ3n) is 2.76. The van der Waals surface area contributed by atoms with E-state index in [1.807, 2.05) is 42.7 Å². The van der Waals surface area contributed by atoms with Gasteiger partial charge in [0.1, 0.15) is 5.82 Å². The third-order valence-corrected chi connectivity index (χ3v) is 3.25. The van der Waals surface area contributed by atoms with Crippen molar-refractivity contribution in [3.63, 3.8) is 0 Å². The normalized spacial score (nSPS) is 10.5. The number of benzene rings is 2. The SMILES string of the molecule is Brc1cccc(-n2ccnc2-c2ccccc2)c1. The Morgan fingerprint density at radius 3 is 2.56 bits per heavy atom. The number of imidazole rings is 1. The zero-order valence-electron chi connectivity index (χ0n) is 9.62. The highest BCUT2D eigenvalue weighted by Crippen LogP contribution is 2.22. The van der Waals surface area contributed by atoms with E-state index < -0.39 is 0 Å². The molecular formula is C15H11BrN2. The molecule has 0 atom stereocenters. The molecule has 88 valence electrons. The summed E-state index contributed by atoms with van der Waals surface area (Å²) in [5, 5.41) is 0. The molecule has 2 aromatic carbocycles. The van der Waals surface area contributed by atoms with Crippen molar-refractivity contribution in [2.75, 3.05) is 0 Å². The standard InChI is InChI=1S/C15H11BrN2/c16-13-7-4-8-14(11-13)18-10-9-17-15(18)12-5-2-1-3-6-12/h1-11H. The van der Waals surface area contributed by atoms with E-state index in [1.54, 1.807) is 0 Å². The van der Waals surface area contributed by atoms with Gasteiger partial charge in [0.2, 0.25) is 0 Å². The average molecular weight is 299 g/mol. The van der Waals surface area contributed by atoms with Gasteiger partial charge in [-0.25, -0.2) is 4.98 Å². The fourth-order valence-corrected chi connectivity index (χ4v) is 2.33. The van der Waals surface area contributed by atoms with Crippen molar-refractivity contribution in [1.29, 1.82) is 0 Å². The van der Waals surface area contributed by atoms with Gasteiger partial charge in [-0.1, -0.05) is 52.3 Å². The largest absolute Gasteiger partial charge is 0.300 e. The van der Waals surface area contributed by atoms with Crippen LogP contribution >= 0.6 is 15.9 Å². The molecular weight excluding hydrogens is 288 g/mol. The smallest absolute Gasteiger partial charge is 0.144 e. The number of halogens is 1. The van der Waals surface area contributed by atoms with Gasteiger partial charge in [0.25, 0.3) is 0 Å². The Kier molecular flexibility index (Phi) is 2.99. The summed E-state index contributed by atoms with van der Waals surface area (Å²) in [6.45, 7) is 0. The van der Waals surface area contributed by atoms with Gasteiger partial charge in [-0.2, -0.15) is 0 Å². The minimum Gasteiger partial charge on any atom is -0.300 e. The van der Waals surface area contributed by atoms with E-state index in [0.717, 1.165) is 21.5 Å². The van der Waals surface area contributed by atoms with Gasteiger partial charge < -0.3 is 0 Å². The second-order valence-corrected chi connectivity index (χ2v) is 4.88. The van der Waals surface area contributed by atoms with Gasteiger partial charge in [0.05, 0.1) is 0 Å². The van der Waals surface area contributed by atoms with Crippen molar-refractivity contribution in [2.24, 2.45) is 0 Å². The summed E-state index contributed by atoms with van der Waals surface area (Å²) in [6.07, 6.45) is 3.80. The van der Waals surface area contributed by atoms with Gasteiger partial charge in [0.15, 0.2) is 0 Å². The topological polar surface area (TPSA) is 17.8 Å². The molecule has 3 aromatic rings. The molecule has 3 rings (SSSR count). The van der Waals surface area contributed by atoms with Crippen LogP contribution in [-0.4, -0.2) is 9.55 Å². The summed E-state index contributed by atoms with van der Waals surface area (Å²) < 4.78 is 3.15. The minimum absolute atomic E-state index is 0.953. The summed E-state index contributed by atoms with van der Waals surface area (Å²) in [4.78, 5) is 4.44. The quantitative estimate of drug-likeness (QED) is 0.690. The van der Waals surface area contributed by atoms with E-state index in [1.165, 1.54) is 0 Å². The maximum absolute atomic E-state index is 4.44. The number of rotatable bonds is 2. The molecule has 0 unspecified atom stereocenters. The van der Waals surface area contributed by atoms with Gasteiger partial charge >= 0.3 is 0 Å². The lowest BCUT2D eigenvalue weighted by Gasteiger charge is -2.08. The Labute approximate surface area is 114 Å². The fraction of sp³-hybridized carbons (Fsp3) is 0. The first kappa shape index (κ1) is 11.2. The van der Waals surface area contributed by atoms with Crippen molar-refractivity contribution in [1.82, 2.24) is 9.55 Å².